The molecule has 0 saturated carbocycles. The lowest BCUT2D eigenvalue weighted by atomic mass is 10.1. The summed E-state index contributed by atoms with van der Waals surface area (Å²) in [5.41, 5.74) is 0. The molecule has 2 N–H and O–H groups in total. The molecule has 6 nitrogen and oxygen atoms in total. The molecule has 16 heavy (non-hydrogen) atoms. The van der Waals surface area contributed by atoms with Gasteiger partial charge in [0.25, 0.3) is 0 Å². The van der Waals surface area contributed by atoms with Crippen molar-refractivity contribution in [1.82, 2.24) is 10.6 Å². The molecule has 1 saturated heterocycles. The van der Waals surface area contributed by atoms with Gasteiger partial charge in [-0.25, -0.2) is 0 Å². The van der Waals surface area contributed by atoms with Crippen LogP contribution in [0.25, 0.3) is 0 Å². The third-order valence-corrected chi connectivity index (χ3v) is 2.43. The number of rotatable bonds is 4. The van der Waals surface area contributed by atoms with Gasteiger partial charge in [-0.05, 0) is 25.7 Å². The Hall–Kier alpha value is -1.59. The van der Waals surface area contributed by atoms with Crippen LogP contribution in [0.4, 0.5) is 0 Å². The van der Waals surface area contributed by atoms with E-state index in [1.165, 1.54) is 0 Å². The van der Waals surface area contributed by atoms with E-state index < -0.39 is 17.9 Å². The first-order chi connectivity index (χ1) is 7.59. The third-order valence-electron chi connectivity index (χ3n) is 2.43. The van der Waals surface area contributed by atoms with E-state index in [1.54, 1.807) is 0 Å². The van der Waals surface area contributed by atoms with E-state index in [0.717, 1.165) is 12.8 Å². The SMILES string of the molecule is O=C([O-])CCC(=O)N[C@@H]1CCCCNC1=O. The molecule has 0 aliphatic carbocycles. The Labute approximate surface area is 93.4 Å². The molecule has 0 aromatic heterocycles. The monoisotopic (exact) mass is 227 g/mol. The topological polar surface area (TPSA) is 98.3 Å². The zero-order valence-corrected chi connectivity index (χ0v) is 8.95. The van der Waals surface area contributed by atoms with Crippen molar-refractivity contribution in [2.75, 3.05) is 6.54 Å². The van der Waals surface area contributed by atoms with Gasteiger partial charge >= 0.3 is 0 Å². The van der Waals surface area contributed by atoms with Crippen LogP contribution in [0.15, 0.2) is 0 Å². The lowest BCUT2D eigenvalue weighted by Gasteiger charge is -2.15. The van der Waals surface area contributed by atoms with Crippen LogP contribution in [0.5, 0.6) is 0 Å². The number of carbonyl (C=O) groups is 3. The molecule has 1 rings (SSSR count). The van der Waals surface area contributed by atoms with Crippen molar-refractivity contribution in [3.63, 3.8) is 0 Å². The summed E-state index contributed by atoms with van der Waals surface area (Å²) < 4.78 is 0. The first-order valence-corrected chi connectivity index (χ1v) is 5.36. The Kier molecular flexibility index (Phi) is 4.75. The first kappa shape index (κ1) is 12.5. The van der Waals surface area contributed by atoms with Crippen molar-refractivity contribution in [3.05, 3.63) is 0 Å². The van der Waals surface area contributed by atoms with Gasteiger partial charge in [-0.2, -0.15) is 0 Å². The predicted octanol–water partition coefficient (Wildman–Crippen LogP) is -1.70. The number of nitrogens with one attached hydrogen (secondary N) is 2. The van der Waals surface area contributed by atoms with E-state index in [2.05, 4.69) is 10.6 Å². The molecule has 1 fully saturated rings. The zero-order valence-electron chi connectivity index (χ0n) is 8.95. The highest BCUT2D eigenvalue weighted by atomic mass is 16.4. The van der Waals surface area contributed by atoms with Gasteiger partial charge in [-0.15, -0.1) is 0 Å². The second-order valence-corrected chi connectivity index (χ2v) is 3.78. The molecule has 0 bridgehead atoms. The largest absolute Gasteiger partial charge is 0.550 e. The van der Waals surface area contributed by atoms with Gasteiger partial charge in [0.05, 0.1) is 0 Å². The van der Waals surface area contributed by atoms with E-state index in [1.807, 2.05) is 0 Å². The Morgan fingerprint density at radius 1 is 1.38 bits per heavy atom. The summed E-state index contributed by atoms with van der Waals surface area (Å²) in [5, 5.41) is 15.3. The van der Waals surface area contributed by atoms with E-state index in [9.17, 15) is 19.5 Å². The van der Waals surface area contributed by atoms with Crippen LogP contribution in [0.2, 0.25) is 0 Å². The van der Waals surface area contributed by atoms with Gasteiger partial charge in [-0.1, -0.05) is 0 Å². The summed E-state index contributed by atoms with van der Waals surface area (Å²) >= 11 is 0. The molecule has 2 amide bonds. The molecule has 0 unspecified atom stereocenters. The molecule has 1 aliphatic heterocycles. The highest BCUT2D eigenvalue weighted by Crippen LogP contribution is 2.05. The predicted molar refractivity (Wildman–Crippen MR) is 53.0 cm³/mol. The van der Waals surface area contributed by atoms with Crippen molar-refractivity contribution in [1.29, 1.82) is 0 Å². The fraction of sp³-hybridized carbons (Fsp3) is 0.700. The lowest BCUT2D eigenvalue weighted by Crippen LogP contribution is -2.45. The second-order valence-electron chi connectivity index (χ2n) is 3.78. The number of carboxylic acids is 1. The Balaban J connectivity index is 2.36. The maximum atomic E-state index is 11.4. The molecule has 6 heteroatoms. The highest BCUT2D eigenvalue weighted by molar-refractivity contribution is 5.88. The molecule has 0 radical (unpaired) electrons. The minimum Gasteiger partial charge on any atom is -0.550 e. The summed E-state index contributed by atoms with van der Waals surface area (Å²) in [6.45, 7) is 0.629. The van der Waals surface area contributed by atoms with Crippen LogP contribution in [-0.4, -0.2) is 30.4 Å². The third kappa shape index (κ3) is 4.29. The Morgan fingerprint density at radius 2 is 2.12 bits per heavy atom. The fourth-order valence-electron chi connectivity index (χ4n) is 1.56. The summed E-state index contributed by atoms with van der Waals surface area (Å²) in [6, 6.07) is -0.531. The van der Waals surface area contributed by atoms with E-state index >= 15 is 0 Å². The first-order valence-electron chi connectivity index (χ1n) is 5.36. The van der Waals surface area contributed by atoms with Crippen molar-refractivity contribution in [2.24, 2.45) is 0 Å². The normalized spacial score (nSPS) is 20.8. The standard InChI is InChI=1S/C10H16N2O4/c13-8(4-5-9(14)15)12-7-3-1-2-6-11-10(7)16/h7H,1-6H2,(H,11,16)(H,12,13)(H,14,15)/p-1/t7-/m1/s1. The number of carboxylic acid groups (broad SMARTS) is 1. The maximum absolute atomic E-state index is 11.4. The van der Waals surface area contributed by atoms with Gasteiger partial charge in [-0.3, -0.25) is 9.59 Å². The van der Waals surface area contributed by atoms with Gasteiger partial charge in [0.15, 0.2) is 0 Å². The summed E-state index contributed by atoms with van der Waals surface area (Å²) in [7, 11) is 0. The van der Waals surface area contributed by atoms with Crippen molar-refractivity contribution >= 4 is 17.8 Å². The molecule has 0 spiro atoms. The van der Waals surface area contributed by atoms with E-state index in [4.69, 9.17) is 0 Å². The van der Waals surface area contributed by atoms with Crippen molar-refractivity contribution in [3.8, 4) is 0 Å². The minimum atomic E-state index is -1.26. The van der Waals surface area contributed by atoms with E-state index in [0.29, 0.717) is 13.0 Å². The van der Waals surface area contributed by atoms with Gasteiger partial charge in [0, 0.05) is 18.9 Å². The Bertz CT molecular complexity index is 291. The lowest BCUT2D eigenvalue weighted by molar-refractivity contribution is -0.305. The zero-order chi connectivity index (χ0) is 12.0. The molecule has 0 aromatic rings. The second kappa shape index (κ2) is 6.09. The molecule has 0 aromatic carbocycles. The molecule has 1 atom stereocenters. The molecule has 1 aliphatic rings. The van der Waals surface area contributed by atoms with Crippen LogP contribution >= 0.6 is 0 Å². The average Bonchev–Trinajstić information content (AvgIpc) is 2.42. The summed E-state index contributed by atoms with van der Waals surface area (Å²) in [5.74, 6) is -1.88. The van der Waals surface area contributed by atoms with Gasteiger partial charge < -0.3 is 20.5 Å². The van der Waals surface area contributed by atoms with Crippen molar-refractivity contribution < 1.29 is 19.5 Å². The van der Waals surface area contributed by atoms with Crippen LogP contribution in [0.1, 0.15) is 32.1 Å². The quantitative estimate of drug-likeness (QED) is 0.598. The van der Waals surface area contributed by atoms with Gasteiger partial charge in [0.2, 0.25) is 11.8 Å². The summed E-state index contributed by atoms with van der Waals surface area (Å²) in [4.78, 5) is 32.9. The summed E-state index contributed by atoms with van der Waals surface area (Å²) in [6.07, 6.45) is 1.90. The minimum absolute atomic E-state index is 0.147. The van der Waals surface area contributed by atoms with Crippen LogP contribution in [0, 0.1) is 0 Å². The maximum Gasteiger partial charge on any atom is 0.242 e. The van der Waals surface area contributed by atoms with Crippen LogP contribution in [0.3, 0.4) is 0 Å². The number of hydrogen-bond acceptors (Lipinski definition) is 4. The number of hydrogen-bond donors (Lipinski definition) is 2. The van der Waals surface area contributed by atoms with Gasteiger partial charge in [0.1, 0.15) is 6.04 Å². The fourth-order valence-corrected chi connectivity index (χ4v) is 1.56. The average molecular weight is 227 g/mol. The smallest absolute Gasteiger partial charge is 0.242 e. The highest BCUT2D eigenvalue weighted by Gasteiger charge is 2.21. The van der Waals surface area contributed by atoms with Crippen LogP contribution in [-0.2, 0) is 14.4 Å². The molecule has 90 valence electrons. The van der Waals surface area contributed by atoms with Crippen molar-refractivity contribution in [2.45, 2.75) is 38.1 Å². The Morgan fingerprint density at radius 3 is 2.81 bits per heavy atom. The molecular formula is C10H15N2O4-. The number of carbonyl (C=O) groups excluding carboxylic acids is 3. The van der Waals surface area contributed by atoms with Crippen LogP contribution < -0.4 is 15.7 Å². The number of amides is 2. The molecular weight excluding hydrogens is 212 g/mol. The number of aliphatic carboxylic acids is 1. The van der Waals surface area contributed by atoms with E-state index in [-0.39, 0.29) is 18.7 Å². The molecule has 1 heterocycles.